The fraction of sp³-hybridized carbons (Fsp3) is 0.100. The van der Waals surface area contributed by atoms with Gasteiger partial charge in [0.1, 0.15) is 0 Å². The summed E-state index contributed by atoms with van der Waals surface area (Å²) in [5.41, 5.74) is 8.84. The molecule has 0 fully saturated rings. The van der Waals surface area contributed by atoms with Crippen molar-refractivity contribution in [3.05, 3.63) is 118 Å². The summed E-state index contributed by atoms with van der Waals surface area (Å²) in [6.07, 6.45) is 7.40. The molecule has 10 nitrogen and oxygen atoms in total. The van der Waals surface area contributed by atoms with Crippen molar-refractivity contribution in [2.75, 3.05) is 13.2 Å². The maximum absolute atomic E-state index is 13.4. The quantitative estimate of drug-likeness (QED) is 0.170. The van der Waals surface area contributed by atoms with Gasteiger partial charge in [-0.2, -0.15) is 10.5 Å². The number of fused-ring (bicyclic) bond motifs is 8. The van der Waals surface area contributed by atoms with Gasteiger partial charge in [-0.3, -0.25) is 0 Å². The van der Waals surface area contributed by atoms with E-state index in [2.05, 4.69) is 22.1 Å². The van der Waals surface area contributed by atoms with Gasteiger partial charge in [0.15, 0.2) is 0 Å². The number of nitriles is 2. The molecule has 0 unspecified atom stereocenters. The van der Waals surface area contributed by atoms with Crippen molar-refractivity contribution in [3.8, 4) is 34.4 Å². The number of esters is 2. The molecule has 2 N–H and O–H groups in total. The molecule has 2 aliphatic heterocycles. The Balaban J connectivity index is 1.64. The normalized spacial score (nSPS) is 11.5. The van der Waals surface area contributed by atoms with Crippen LogP contribution in [0.25, 0.3) is 68.6 Å². The molecule has 0 saturated heterocycles. The number of rotatable bonds is 6. The van der Waals surface area contributed by atoms with E-state index >= 15 is 0 Å². The minimum atomic E-state index is -0.682. The van der Waals surface area contributed by atoms with Crippen molar-refractivity contribution in [2.45, 2.75) is 13.8 Å². The van der Waals surface area contributed by atoms with Gasteiger partial charge < -0.3 is 19.4 Å². The zero-order valence-corrected chi connectivity index (χ0v) is 27.1. The maximum atomic E-state index is 13.4. The van der Waals surface area contributed by atoms with Crippen molar-refractivity contribution >= 4 is 58.3 Å². The molecule has 2 aliphatic rings. The van der Waals surface area contributed by atoms with Crippen LogP contribution in [-0.4, -0.2) is 45.1 Å². The summed E-state index contributed by atoms with van der Waals surface area (Å²) in [5, 5.41) is 18.9. The van der Waals surface area contributed by atoms with Crippen LogP contribution in [0.2, 0.25) is 0 Å². The number of hydrogen-bond donors (Lipinski definition) is 2. The summed E-state index contributed by atoms with van der Waals surface area (Å²) in [6.45, 7) is 3.60. The summed E-state index contributed by atoms with van der Waals surface area (Å²) >= 11 is 0. The average molecular weight is 657 g/mol. The van der Waals surface area contributed by atoms with Crippen molar-refractivity contribution in [3.63, 3.8) is 0 Å². The van der Waals surface area contributed by atoms with Crippen LogP contribution in [0, 0.1) is 22.7 Å². The highest BCUT2D eigenvalue weighted by Crippen LogP contribution is 2.35. The molecule has 7 rings (SSSR count). The molecule has 0 spiro atoms. The van der Waals surface area contributed by atoms with Crippen LogP contribution < -0.4 is 0 Å². The molecule has 0 amide bonds. The largest absolute Gasteiger partial charge is 0.462 e. The highest BCUT2D eigenvalue weighted by Gasteiger charge is 2.26. The van der Waals surface area contributed by atoms with Gasteiger partial charge >= 0.3 is 11.9 Å². The number of carbonyl (C=O) groups is 2. The van der Waals surface area contributed by atoms with Gasteiger partial charge in [0.25, 0.3) is 0 Å². The van der Waals surface area contributed by atoms with E-state index < -0.39 is 11.9 Å². The fourth-order valence-corrected chi connectivity index (χ4v) is 6.07. The second kappa shape index (κ2) is 13.2. The number of nitrogens with zero attached hydrogens (tertiary/aromatic N) is 4. The predicted octanol–water partition coefficient (Wildman–Crippen LogP) is 8.09. The fourth-order valence-electron chi connectivity index (χ4n) is 6.07. The van der Waals surface area contributed by atoms with E-state index in [1.54, 1.807) is 50.2 Å². The molecule has 0 radical (unpaired) electrons. The molecule has 0 saturated carbocycles. The third-order valence-corrected chi connectivity index (χ3v) is 8.27. The third kappa shape index (κ3) is 5.83. The Bertz CT molecular complexity index is 2340. The van der Waals surface area contributed by atoms with Gasteiger partial charge in [0, 0.05) is 22.2 Å². The van der Waals surface area contributed by atoms with Crippen LogP contribution in [0.5, 0.6) is 0 Å². The van der Waals surface area contributed by atoms with Crippen molar-refractivity contribution in [1.29, 1.82) is 10.5 Å². The van der Waals surface area contributed by atoms with Crippen LogP contribution >= 0.6 is 0 Å². The molecule has 0 atom stereocenters. The molecular formula is C40H28N6O4. The van der Waals surface area contributed by atoms with Crippen LogP contribution in [0.15, 0.2) is 72.8 Å². The van der Waals surface area contributed by atoms with E-state index in [1.165, 1.54) is 0 Å². The first-order valence-corrected chi connectivity index (χ1v) is 15.9. The Kier molecular flexibility index (Phi) is 8.35. The first kappa shape index (κ1) is 31.6. The van der Waals surface area contributed by atoms with E-state index in [9.17, 15) is 20.1 Å². The number of nitrogens with one attached hydrogen (secondary N) is 2. The summed E-state index contributed by atoms with van der Waals surface area (Å²) in [4.78, 5) is 43.6. The van der Waals surface area contributed by atoms with Gasteiger partial charge in [-0.25, -0.2) is 19.6 Å². The molecule has 5 heterocycles. The second-order valence-electron chi connectivity index (χ2n) is 11.4. The van der Waals surface area contributed by atoms with Gasteiger partial charge in [-0.15, -0.1) is 0 Å². The molecule has 2 aromatic carbocycles. The van der Waals surface area contributed by atoms with Crippen LogP contribution in [0.1, 0.15) is 68.5 Å². The zero-order chi connectivity index (χ0) is 34.8. The lowest BCUT2D eigenvalue weighted by molar-refractivity contribution is 0.0483. The predicted molar refractivity (Wildman–Crippen MR) is 191 cm³/mol. The maximum Gasteiger partial charge on any atom is 0.341 e. The topological polar surface area (TPSA) is 158 Å². The van der Waals surface area contributed by atoms with Crippen molar-refractivity contribution < 1.29 is 19.1 Å². The lowest BCUT2D eigenvalue weighted by atomic mass is 10.0. The van der Waals surface area contributed by atoms with Gasteiger partial charge in [0.05, 0.1) is 81.4 Å². The third-order valence-electron chi connectivity index (χ3n) is 8.27. The first-order valence-electron chi connectivity index (χ1n) is 15.9. The van der Waals surface area contributed by atoms with E-state index in [1.807, 2.05) is 60.7 Å². The number of aromatic amines is 2. The monoisotopic (exact) mass is 656 g/mol. The first-order chi connectivity index (χ1) is 24.4. The number of ether oxygens (including phenoxy) is 2. The lowest BCUT2D eigenvalue weighted by Crippen LogP contribution is -2.12. The summed E-state index contributed by atoms with van der Waals surface area (Å²) in [5.74, 6) is -1.36. The Labute approximate surface area is 286 Å². The van der Waals surface area contributed by atoms with E-state index in [4.69, 9.17) is 19.4 Å². The molecule has 5 aromatic rings. The van der Waals surface area contributed by atoms with E-state index in [0.717, 1.165) is 33.3 Å². The molecule has 0 aliphatic carbocycles. The number of aromatic nitrogens is 4. The molecular weight excluding hydrogens is 628 g/mol. The van der Waals surface area contributed by atoms with Crippen LogP contribution in [0.4, 0.5) is 0 Å². The van der Waals surface area contributed by atoms with Crippen molar-refractivity contribution in [1.82, 2.24) is 19.9 Å². The van der Waals surface area contributed by atoms with Crippen molar-refractivity contribution in [2.24, 2.45) is 0 Å². The lowest BCUT2D eigenvalue weighted by Gasteiger charge is -2.05. The minimum Gasteiger partial charge on any atom is -0.462 e. The standard InChI is InChI=1S/C40H28N6O4/c1-3-49-39(47)37-33-19-27-13-15-29(43-27)35(25-9-5-23(21-41)6-10-25)31-17-18-32(45-31)36(26-11-7-24(22-42)8-12-26)30-16-14-28(44-30)20-34(46-33)38(37)40(48)50-4-2/h5-20,45-46H,3-4H2,1-2H3. The Morgan fingerprint density at radius 1 is 0.600 bits per heavy atom. The number of H-pyrrole nitrogens is 2. The molecule has 8 bridgehead atoms. The minimum absolute atomic E-state index is 0.0342. The molecule has 50 heavy (non-hydrogen) atoms. The Morgan fingerprint density at radius 3 is 1.38 bits per heavy atom. The molecule has 10 heteroatoms. The zero-order valence-electron chi connectivity index (χ0n) is 27.1. The molecule has 242 valence electrons. The summed E-state index contributed by atoms with van der Waals surface area (Å²) < 4.78 is 10.8. The average Bonchev–Trinajstić information content (AvgIpc) is 3.95. The van der Waals surface area contributed by atoms with Crippen LogP contribution in [-0.2, 0) is 9.47 Å². The number of hydrogen-bond acceptors (Lipinski definition) is 8. The Morgan fingerprint density at radius 2 is 1.00 bits per heavy atom. The SMILES string of the molecule is CCOC(=O)c1c(C(=O)OCC)c2cc3nc(c(-c4ccc(C#N)cc4)c4ccc([nH]4)c(-c4ccc(C#N)cc4)c4nc(cc1[nH]2)C=C4)C=C3. The Hall–Kier alpha value is -7.04. The second-order valence-corrected chi connectivity index (χ2v) is 11.4. The van der Waals surface area contributed by atoms with Crippen LogP contribution in [0.3, 0.4) is 0 Å². The smallest absolute Gasteiger partial charge is 0.341 e. The number of carbonyl (C=O) groups excluding carboxylic acids is 2. The van der Waals surface area contributed by atoms with E-state index in [0.29, 0.717) is 44.9 Å². The van der Waals surface area contributed by atoms with Gasteiger partial charge in [-0.1, -0.05) is 24.3 Å². The van der Waals surface area contributed by atoms with Gasteiger partial charge in [0.2, 0.25) is 0 Å². The highest BCUT2D eigenvalue weighted by molar-refractivity contribution is 6.13. The number of benzene rings is 2. The summed E-state index contributed by atoms with van der Waals surface area (Å²) in [7, 11) is 0. The molecule has 3 aromatic heterocycles. The van der Waals surface area contributed by atoms with E-state index in [-0.39, 0.29) is 24.3 Å². The van der Waals surface area contributed by atoms with Gasteiger partial charge in [-0.05, 0) is 97.8 Å². The highest BCUT2D eigenvalue weighted by atomic mass is 16.5. The summed E-state index contributed by atoms with van der Waals surface area (Å²) in [6, 6.07) is 26.2.